The van der Waals surface area contributed by atoms with E-state index in [4.69, 9.17) is 4.52 Å². The zero-order chi connectivity index (χ0) is 19.1. The van der Waals surface area contributed by atoms with Crippen molar-refractivity contribution in [3.05, 3.63) is 42.5 Å². The summed E-state index contributed by atoms with van der Waals surface area (Å²) in [6, 6.07) is 7.36. The molecule has 28 heavy (non-hydrogen) atoms. The number of carbonyl (C=O) groups is 2. The van der Waals surface area contributed by atoms with Crippen molar-refractivity contribution in [1.29, 1.82) is 0 Å². The van der Waals surface area contributed by atoms with E-state index >= 15 is 0 Å². The van der Waals surface area contributed by atoms with E-state index < -0.39 is 0 Å². The molecular weight excluding hydrogens is 360 g/mol. The standard InChI is InChI=1S/C19H18N6O3/c26-16-7-13(10-25(16)15-8-20-21-9-15)19-23-17(24-28-19)12-2-1-3-14(6-12)22-18(27)11-4-5-11/h1-3,6,8-9,11,13H,4-5,7,10H2,(H,20,21)(H,22,27)/t13-/m1/s1. The minimum atomic E-state index is -0.165. The highest BCUT2D eigenvalue weighted by atomic mass is 16.5. The molecule has 1 saturated carbocycles. The summed E-state index contributed by atoms with van der Waals surface area (Å²) < 4.78 is 5.44. The molecule has 2 fully saturated rings. The fourth-order valence-electron chi connectivity index (χ4n) is 3.36. The van der Waals surface area contributed by atoms with Gasteiger partial charge in [-0.2, -0.15) is 10.1 Å². The largest absolute Gasteiger partial charge is 0.339 e. The second kappa shape index (κ2) is 6.59. The van der Waals surface area contributed by atoms with E-state index in [1.807, 2.05) is 24.3 Å². The molecule has 9 heteroatoms. The van der Waals surface area contributed by atoms with Gasteiger partial charge in [-0.3, -0.25) is 14.7 Å². The third-order valence-corrected chi connectivity index (χ3v) is 5.05. The van der Waals surface area contributed by atoms with Crippen molar-refractivity contribution < 1.29 is 14.1 Å². The summed E-state index contributed by atoms with van der Waals surface area (Å²) in [6.45, 7) is 0.470. The van der Waals surface area contributed by atoms with E-state index in [1.54, 1.807) is 17.3 Å². The first kappa shape index (κ1) is 16.7. The Hall–Kier alpha value is -3.49. The maximum atomic E-state index is 12.3. The molecule has 3 aromatic rings. The van der Waals surface area contributed by atoms with E-state index in [2.05, 4.69) is 25.7 Å². The van der Waals surface area contributed by atoms with Crippen LogP contribution >= 0.6 is 0 Å². The Morgan fingerprint density at radius 1 is 1.32 bits per heavy atom. The minimum absolute atomic E-state index is 0.00376. The predicted octanol–water partition coefficient (Wildman–Crippen LogP) is 2.33. The zero-order valence-corrected chi connectivity index (χ0v) is 15.0. The van der Waals surface area contributed by atoms with Gasteiger partial charge in [0.05, 0.1) is 17.8 Å². The Balaban J connectivity index is 1.32. The number of amides is 2. The van der Waals surface area contributed by atoms with Gasteiger partial charge in [0, 0.05) is 36.3 Å². The average molecular weight is 378 g/mol. The Morgan fingerprint density at radius 3 is 3.00 bits per heavy atom. The maximum absolute atomic E-state index is 12.3. The highest BCUT2D eigenvalue weighted by Crippen LogP contribution is 2.32. The van der Waals surface area contributed by atoms with Crippen LogP contribution in [0.3, 0.4) is 0 Å². The van der Waals surface area contributed by atoms with Crippen LogP contribution in [0.2, 0.25) is 0 Å². The zero-order valence-electron chi connectivity index (χ0n) is 15.0. The van der Waals surface area contributed by atoms with Crippen LogP contribution in [0.15, 0.2) is 41.2 Å². The Kier molecular flexibility index (Phi) is 3.92. The molecule has 1 saturated heterocycles. The van der Waals surface area contributed by atoms with Crippen LogP contribution in [-0.2, 0) is 9.59 Å². The number of carbonyl (C=O) groups excluding carboxylic acids is 2. The lowest BCUT2D eigenvalue weighted by atomic mass is 10.1. The fraction of sp³-hybridized carbons (Fsp3) is 0.316. The Morgan fingerprint density at radius 2 is 2.21 bits per heavy atom. The molecule has 1 aliphatic carbocycles. The van der Waals surface area contributed by atoms with Gasteiger partial charge < -0.3 is 14.7 Å². The third kappa shape index (κ3) is 3.15. The van der Waals surface area contributed by atoms with Crippen molar-refractivity contribution in [3.8, 4) is 11.4 Å². The van der Waals surface area contributed by atoms with Gasteiger partial charge in [0.1, 0.15) is 0 Å². The van der Waals surface area contributed by atoms with Gasteiger partial charge in [-0.1, -0.05) is 17.3 Å². The molecule has 0 spiro atoms. The fourth-order valence-corrected chi connectivity index (χ4v) is 3.36. The monoisotopic (exact) mass is 378 g/mol. The summed E-state index contributed by atoms with van der Waals surface area (Å²) in [5.41, 5.74) is 2.19. The lowest BCUT2D eigenvalue weighted by Crippen LogP contribution is -2.23. The van der Waals surface area contributed by atoms with Crippen LogP contribution in [0.5, 0.6) is 0 Å². The Labute approximate surface area is 160 Å². The second-order valence-electron chi connectivity index (χ2n) is 7.16. The number of hydrogen-bond donors (Lipinski definition) is 2. The third-order valence-electron chi connectivity index (χ3n) is 5.05. The number of rotatable bonds is 5. The molecule has 142 valence electrons. The van der Waals surface area contributed by atoms with Gasteiger partial charge in [-0.15, -0.1) is 0 Å². The number of hydrogen-bond acceptors (Lipinski definition) is 6. The van der Waals surface area contributed by atoms with Crippen LogP contribution in [0.1, 0.15) is 31.1 Å². The van der Waals surface area contributed by atoms with E-state index in [9.17, 15) is 9.59 Å². The second-order valence-corrected chi connectivity index (χ2v) is 7.16. The van der Waals surface area contributed by atoms with Crippen molar-refractivity contribution in [2.45, 2.75) is 25.2 Å². The van der Waals surface area contributed by atoms with E-state index in [0.29, 0.717) is 30.4 Å². The molecular formula is C19H18N6O3. The number of nitrogens with zero attached hydrogens (tertiary/aromatic N) is 4. The van der Waals surface area contributed by atoms with Crippen molar-refractivity contribution in [1.82, 2.24) is 20.3 Å². The molecule has 2 aromatic heterocycles. The molecule has 9 nitrogen and oxygen atoms in total. The summed E-state index contributed by atoms with van der Waals surface area (Å²) >= 11 is 0. The number of anilines is 2. The van der Waals surface area contributed by atoms with Gasteiger partial charge in [-0.25, -0.2) is 0 Å². The molecule has 1 atom stereocenters. The minimum Gasteiger partial charge on any atom is -0.339 e. The van der Waals surface area contributed by atoms with Gasteiger partial charge in [0.2, 0.25) is 23.5 Å². The van der Waals surface area contributed by atoms with E-state index in [1.165, 1.54) is 0 Å². The van der Waals surface area contributed by atoms with Crippen molar-refractivity contribution >= 4 is 23.2 Å². The lowest BCUT2D eigenvalue weighted by Gasteiger charge is -2.12. The average Bonchev–Trinajstić information content (AvgIpc) is 3.09. The highest BCUT2D eigenvalue weighted by molar-refractivity contribution is 5.96. The quantitative estimate of drug-likeness (QED) is 0.704. The molecule has 0 unspecified atom stereocenters. The molecule has 0 bridgehead atoms. The highest BCUT2D eigenvalue weighted by Gasteiger charge is 2.35. The molecule has 3 heterocycles. The number of benzene rings is 1. The van der Waals surface area contributed by atoms with Crippen LogP contribution in [0, 0.1) is 5.92 Å². The van der Waals surface area contributed by atoms with Crippen LogP contribution in [0.25, 0.3) is 11.4 Å². The normalized spacial score (nSPS) is 19.2. The van der Waals surface area contributed by atoms with Crippen molar-refractivity contribution in [3.63, 3.8) is 0 Å². The van der Waals surface area contributed by atoms with Crippen molar-refractivity contribution in [2.24, 2.45) is 5.92 Å². The maximum Gasteiger partial charge on any atom is 0.232 e. The summed E-state index contributed by atoms with van der Waals surface area (Å²) in [5, 5.41) is 13.6. The van der Waals surface area contributed by atoms with E-state index in [-0.39, 0.29) is 23.7 Å². The van der Waals surface area contributed by atoms with Crippen molar-refractivity contribution in [2.75, 3.05) is 16.8 Å². The number of nitrogens with one attached hydrogen (secondary N) is 2. The summed E-state index contributed by atoms with van der Waals surface area (Å²) in [4.78, 5) is 30.4. The number of H-pyrrole nitrogens is 1. The van der Waals surface area contributed by atoms with Crippen LogP contribution in [-0.4, -0.2) is 38.7 Å². The molecule has 1 aromatic carbocycles. The van der Waals surface area contributed by atoms with Gasteiger partial charge in [-0.05, 0) is 25.0 Å². The molecule has 2 aliphatic rings. The lowest BCUT2D eigenvalue weighted by molar-refractivity contribution is -0.118. The SMILES string of the molecule is O=C(Nc1cccc(-c2noc([C@@H]3CC(=O)N(c4cn[nH]c4)C3)n2)c1)C1CC1. The summed E-state index contributed by atoms with van der Waals surface area (Å²) in [5.74, 6) is 0.888. The summed E-state index contributed by atoms with van der Waals surface area (Å²) in [6.07, 6.45) is 5.51. The van der Waals surface area contributed by atoms with Crippen LogP contribution in [0.4, 0.5) is 11.4 Å². The van der Waals surface area contributed by atoms with Gasteiger partial charge in [0.25, 0.3) is 0 Å². The molecule has 2 N–H and O–H groups in total. The van der Waals surface area contributed by atoms with Gasteiger partial charge in [0.15, 0.2) is 0 Å². The molecule has 5 rings (SSSR count). The first-order valence-corrected chi connectivity index (χ1v) is 9.21. The smallest absolute Gasteiger partial charge is 0.232 e. The molecule has 2 amide bonds. The molecule has 1 aliphatic heterocycles. The summed E-state index contributed by atoms with van der Waals surface area (Å²) in [7, 11) is 0. The molecule has 0 radical (unpaired) electrons. The number of aromatic nitrogens is 4. The Bertz CT molecular complexity index is 1020. The predicted molar refractivity (Wildman–Crippen MR) is 99.4 cm³/mol. The first-order valence-electron chi connectivity index (χ1n) is 9.21. The van der Waals surface area contributed by atoms with Crippen LogP contribution < -0.4 is 10.2 Å². The van der Waals surface area contributed by atoms with Gasteiger partial charge >= 0.3 is 0 Å². The number of aromatic amines is 1. The topological polar surface area (TPSA) is 117 Å². The van der Waals surface area contributed by atoms with E-state index in [0.717, 1.165) is 24.1 Å². The first-order chi connectivity index (χ1) is 13.7.